The predicted octanol–water partition coefficient (Wildman–Crippen LogP) is 3.71. The molecule has 0 amide bonds. The van der Waals surface area contributed by atoms with Gasteiger partial charge in [0.25, 0.3) is 0 Å². The van der Waals surface area contributed by atoms with Crippen LogP contribution in [0.15, 0.2) is 71.4 Å². The lowest BCUT2D eigenvalue weighted by Crippen LogP contribution is -2.27. The van der Waals surface area contributed by atoms with Crippen molar-refractivity contribution < 1.29 is 8.98 Å². The normalized spacial score (nSPS) is 15.6. The molecule has 0 saturated carbocycles. The minimum atomic E-state index is 0.605. The van der Waals surface area contributed by atoms with Crippen LogP contribution in [0, 0.1) is 0 Å². The zero-order chi connectivity index (χ0) is 16.5. The van der Waals surface area contributed by atoms with Gasteiger partial charge >= 0.3 is 11.5 Å². The second-order valence-electron chi connectivity index (χ2n) is 5.78. The van der Waals surface area contributed by atoms with Crippen LogP contribution in [0.5, 0.6) is 0 Å². The van der Waals surface area contributed by atoms with Gasteiger partial charge in [-0.05, 0) is 29.8 Å². The zero-order valence-electron chi connectivity index (χ0n) is 13.7. The van der Waals surface area contributed by atoms with E-state index >= 15 is 0 Å². The van der Waals surface area contributed by atoms with Crippen LogP contribution in [0.2, 0.25) is 0 Å². The molecule has 0 fully saturated rings. The van der Waals surface area contributed by atoms with Crippen molar-refractivity contribution in [2.75, 3.05) is 11.9 Å². The fraction of sp³-hybridized carbons (Fsp3) is 0.100. The van der Waals surface area contributed by atoms with Crippen molar-refractivity contribution in [2.45, 2.75) is 0 Å². The Kier molecular flexibility index (Phi) is 3.50. The monoisotopic (exact) mass is 316 g/mol. The Balaban J connectivity index is 1.65. The molecular weight excluding hydrogens is 298 g/mol. The molecule has 0 bridgehead atoms. The van der Waals surface area contributed by atoms with Crippen LogP contribution in [0.25, 0.3) is 22.9 Å². The Bertz CT molecular complexity index is 995. The van der Waals surface area contributed by atoms with E-state index in [-0.39, 0.29) is 0 Å². The van der Waals surface area contributed by atoms with Gasteiger partial charge in [0.1, 0.15) is 0 Å². The summed E-state index contributed by atoms with van der Waals surface area (Å²) < 4.78 is 7.70. The molecule has 0 saturated heterocycles. The summed E-state index contributed by atoms with van der Waals surface area (Å²) in [5.74, 6) is 0.605. The summed E-state index contributed by atoms with van der Waals surface area (Å²) in [6.45, 7) is 0. The van der Waals surface area contributed by atoms with E-state index in [9.17, 15) is 0 Å². The maximum Gasteiger partial charge on any atom is 0.370 e. The van der Waals surface area contributed by atoms with Gasteiger partial charge in [0.2, 0.25) is 5.58 Å². The van der Waals surface area contributed by atoms with Crippen molar-refractivity contribution in [3.8, 4) is 0 Å². The third-order valence-corrected chi connectivity index (χ3v) is 4.13. The number of benzene rings is 1. The first kappa shape index (κ1) is 14.5. The van der Waals surface area contributed by atoms with E-state index in [1.54, 1.807) is 0 Å². The fourth-order valence-electron chi connectivity index (χ4n) is 2.87. The van der Waals surface area contributed by atoms with Crippen molar-refractivity contribution in [2.24, 2.45) is 7.05 Å². The molecule has 4 nitrogen and oxygen atoms in total. The molecule has 4 rings (SSSR count). The SMILES string of the molecule is CN1C=C/C(=C\C=C\c2nc3c(ccc[n+]3C)o2)c2ccccc21. The number of aryl methyl sites for hydroxylation is 1. The molecule has 3 heterocycles. The smallest absolute Gasteiger partial charge is 0.370 e. The molecule has 1 aliphatic heterocycles. The van der Waals surface area contributed by atoms with E-state index in [1.165, 1.54) is 16.8 Å². The second kappa shape index (κ2) is 5.81. The number of rotatable bonds is 2. The summed E-state index contributed by atoms with van der Waals surface area (Å²) in [7, 11) is 4.01. The number of anilines is 1. The van der Waals surface area contributed by atoms with Gasteiger partial charge in [-0.15, -0.1) is 0 Å². The molecule has 3 aromatic rings. The molecule has 0 aliphatic carbocycles. The molecule has 24 heavy (non-hydrogen) atoms. The first-order valence-corrected chi connectivity index (χ1v) is 7.86. The Morgan fingerprint density at radius 2 is 2.04 bits per heavy atom. The number of fused-ring (bicyclic) bond motifs is 2. The van der Waals surface area contributed by atoms with E-state index in [2.05, 4.69) is 59.5 Å². The molecule has 4 heteroatoms. The number of aromatic nitrogens is 2. The van der Waals surface area contributed by atoms with Crippen LogP contribution in [-0.2, 0) is 7.05 Å². The summed E-state index contributed by atoms with van der Waals surface area (Å²) in [6.07, 6.45) is 12.1. The number of para-hydroxylation sites is 1. The summed E-state index contributed by atoms with van der Waals surface area (Å²) in [6, 6.07) is 12.2. The number of nitrogens with zero attached hydrogens (tertiary/aromatic N) is 3. The third kappa shape index (κ3) is 2.52. The van der Waals surface area contributed by atoms with Crippen LogP contribution >= 0.6 is 0 Å². The van der Waals surface area contributed by atoms with E-state index < -0.39 is 0 Å². The number of oxazole rings is 1. The van der Waals surface area contributed by atoms with Crippen LogP contribution in [-0.4, -0.2) is 12.0 Å². The van der Waals surface area contributed by atoms with E-state index in [4.69, 9.17) is 4.42 Å². The fourth-order valence-corrected chi connectivity index (χ4v) is 2.87. The Morgan fingerprint density at radius 3 is 2.92 bits per heavy atom. The van der Waals surface area contributed by atoms with Gasteiger partial charge in [0.15, 0.2) is 0 Å². The Labute approximate surface area is 140 Å². The lowest BCUT2D eigenvalue weighted by Gasteiger charge is -2.23. The molecule has 2 aromatic heterocycles. The number of allylic oxidation sites excluding steroid dienone is 4. The first-order valence-electron chi connectivity index (χ1n) is 7.86. The Hall–Kier alpha value is -3.14. The highest BCUT2D eigenvalue weighted by Crippen LogP contribution is 2.31. The topological polar surface area (TPSA) is 33.2 Å². The third-order valence-electron chi connectivity index (χ3n) is 4.13. The minimum Gasteiger partial charge on any atom is -0.411 e. The standard InChI is InChI=1S/C20H18N3O/c1-22-14-12-15(16-8-3-4-9-17(16)22)7-5-11-19-21-20-18(24-19)10-6-13-23(20)2/h3-14H,1-2H3/q+1. The molecule has 0 N–H and O–H groups in total. The molecule has 0 atom stereocenters. The van der Waals surface area contributed by atoms with Crippen LogP contribution in [0.1, 0.15) is 11.5 Å². The second-order valence-corrected chi connectivity index (χ2v) is 5.78. The molecular formula is C20H18N3O+. The largest absolute Gasteiger partial charge is 0.411 e. The van der Waals surface area contributed by atoms with E-state index in [1.807, 2.05) is 42.1 Å². The predicted molar refractivity (Wildman–Crippen MR) is 96.2 cm³/mol. The first-order chi connectivity index (χ1) is 11.7. The van der Waals surface area contributed by atoms with Gasteiger partial charge in [0.05, 0.1) is 13.2 Å². The maximum absolute atomic E-state index is 5.75. The average molecular weight is 316 g/mol. The van der Waals surface area contributed by atoms with Crippen LogP contribution < -0.4 is 9.47 Å². The lowest BCUT2D eigenvalue weighted by molar-refractivity contribution is -0.646. The van der Waals surface area contributed by atoms with Gasteiger partial charge < -0.3 is 9.32 Å². The maximum atomic E-state index is 5.75. The summed E-state index contributed by atoms with van der Waals surface area (Å²) >= 11 is 0. The molecule has 118 valence electrons. The van der Waals surface area contributed by atoms with E-state index in [0.29, 0.717) is 5.89 Å². The van der Waals surface area contributed by atoms with Gasteiger partial charge in [-0.2, -0.15) is 0 Å². The van der Waals surface area contributed by atoms with Crippen molar-refractivity contribution >= 4 is 28.6 Å². The van der Waals surface area contributed by atoms with Crippen molar-refractivity contribution in [3.05, 3.63) is 78.5 Å². The number of hydrogen-bond acceptors (Lipinski definition) is 3. The molecule has 0 spiro atoms. The Morgan fingerprint density at radius 1 is 1.17 bits per heavy atom. The van der Waals surface area contributed by atoms with Gasteiger partial charge in [-0.1, -0.05) is 30.4 Å². The molecule has 0 unspecified atom stereocenters. The summed E-state index contributed by atoms with van der Waals surface area (Å²) in [5, 5.41) is 0. The highest BCUT2D eigenvalue weighted by atomic mass is 16.3. The van der Waals surface area contributed by atoms with Crippen molar-refractivity contribution in [3.63, 3.8) is 0 Å². The number of hydrogen-bond donors (Lipinski definition) is 0. The van der Waals surface area contributed by atoms with Crippen molar-refractivity contribution in [1.82, 2.24) is 4.98 Å². The highest BCUT2D eigenvalue weighted by molar-refractivity contribution is 5.87. The lowest BCUT2D eigenvalue weighted by atomic mass is 10.00. The van der Waals surface area contributed by atoms with Gasteiger partial charge in [-0.25, -0.2) is 4.57 Å². The van der Waals surface area contributed by atoms with E-state index in [0.717, 1.165) is 11.2 Å². The minimum absolute atomic E-state index is 0.605. The molecule has 1 aromatic carbocycles. The van der Waals surface area contributed by atoms with Crippen LogP contribution in [0.4, 0.5) is 5.69 Å². The van der Waals surface area contributed by atoms with Gasteiger partial charge in [0, 0.05) is 35.6 Å². The summed E-state index contributed by atoms with van der Waals surface area (Å²) in [4.78, 5) is 6.63. The van der Waals surface area contributed by atoms with Gasteiger partial charge in [-0.3, -0.25) is 0 Å². The molecule has 0 radical (unpaired) electrons. The number of pyridine rings is 1. The van der Waals surface area contributed by atoms with Crippen molar-refractivity contribution in [1.29, 1.82) is 0 Å². The zero-order valence-corrected chi connectivity index (χ0v) is 13.7. The quantitative estimate of drug-likeness (QED) is 0.676. The average Bonchev–Trinajstić information content (AvgIpc) is 3.02. The molecule has 1 aliphatic rings. The summed E-state index contributed by atoms with van der Waals surface area (Å²) in [5.41, 5.74) is 5.22. The van der Waals surface area contributed by atoms with Crippen LogP contribution in [0.3, 0.4) is 0 Å². The highest BCUT2D eigenvalue weighted by Gasteiger charge is 2.14.